The number of aromatic nitrogens is 1. The molecule has 0 radical (unpaired) electrons. The van der Waals surface area contributed by atoms with Crippen molar-refractivity contribution < 1.29 is 18.0 Å². The summed E-state index contributed by atoms with van der Waals surface area (Å²) >= 11 is 0. The summed E-state index contributed by atoms with van der Waals surface area (Å²) in [5, 5.41) is 0. The van der Waals surface area contributed by atoms with Gasteiger partial charge in [-0.05, 0) is 23.8 Å². The molecule has 2 aromatic rings. The number of H-pyrrole nitrogens is 1. The number of benzene rings is 1. The van der Waals surface area contributed by atoms with E-state index in [0.717, 1.165) is 12.1 Å². The lowest BCUT2D eigenvalue weighted by molar-refractivity contribution is -0.137. The Morgan fingerprint density at radius 1 is 1.11 bits per heavy atom. The molecule has 0 atom stereocenters. The monoisotopic (exact) mass is 253 g/mol. The molecule has 2 nitrogen and oxygen atoms in total. The van der Waals surface area contributed by atoms with Gasteiger partial charge in [-0.3, -0.25) is 4.79 Å². The van der Waals surface area contributed by atoms with Crippen LogP contribution in [0.5, 0.6) is 0 Å². The molecule has 1 aromatic carbocycles. The molecule has 0 aliphatic heterocycles. The maximum atomic E-state index is 12.3. The molecule has 5 heteroatoms. The molecule has 1 heterocycles. The maximum absolute atomic E-state index is 12.3. The van der Waals surface area contributed by atoms with Crippen molar-refractivity contribution in [3.63, 3.8) is 0 Å². The Bertz CT molecular complexity index is 526. The van der Waals surface area contributed by atoms with E-state index in [9.17, 15) is 18.0 Å². The van der Waals surface area contributed by atoms with Gasteiger partial charge in [-0.15, -0.1) is 0 Å². The number of Topliss-reactive ketones (excluding diaryl/α,β-unsaturated/α-hetero) is 1. The SMILES string of the molecule is O=C(Cc1ccc(C(F)(F)F)cc1)c1cc[nH]c1. The highest BCUT2D eigenvalue weighted by Crippen LogP contribution is 2.29. The summed E-state index contributed by atoms with van der Waals surface area (Å²) in [6, 6.07) is 6.26. The van der Waals surface area contributed by atoms with E-state index < -0.39 is 11.7 Å². The number of alkyl halides is 3. The second-order valence-electron chi connectivity index (χ2n) is 3.89. The quantitative estimate of drug-likeness (QED) is 0.835. The number of hydrogen-bond donors (Lipinski definition) is 1. The second-order valence-corrected chi connectivity index (χ2v) is 3.89. The lowest BCUT2D eigenvalue weighted by Crippen LogP contribution is -2.06. The smallest absolute Gasteiger partial charge is 0.367 e. The molecule has 0 bridgehead atoms. The maximum Gasteiger partial charge on any atom is 0.416 e. The summed E-state index contributed by atoms with van der Waals surface area (Å²) in [4.78, 5) is 14.5. The Balaban J connectivity index is 2.09. The fraction of sp³-hybridized carbons (Fsp3) is 0.154. The zero-order chi connectivity index (χ0) is 13.2. The van der Waals surface area contributed by atoms with Crippen molar-refractivity contribution in [1.82, 2.24) is 4.98 Å². The summed E-state index contributed by atoms with van der Waals surface area (Å²) in [6.45, 7) is 0. The predicted octanol–water partition coefficient (Wildman–Crippen LogP) is 3.46. The topological polar surface area (TPSA) is 32.9 Å². The first-order chi connectivity index (χ1) is 8.47. The largest absolute Gasteiger partial charge is 0.416 e. The van der Waals surface area contributed by atoms with Crippen molar-refractivity contribution in [3.05, 3.63) is 59.4 Å². The highest BCUT2D eigenvalue weighted by molar-refractivity contribution is 5.97. The van der Waals surface area contributed by atoms with Crippen molar-refractivity contribution >= 4 is 5.78 Å². The van der Waals surface area contributed by atoms with Crippen LogP contribution >= 0.6 is 0 Å². The van der Waals surface area contributed by atoms with Gasteiger partial charge in [0.2, 0.25) is 0 Å². The molecule has 18 heavy (non-hydrogen) atoms. The van der Waals surface area contributed by atoms with Crippen LogP contribution < -0.4 is 0 Å². The minimum Gasteiger partial charge on any atom is -0.367 e. The van der Waals surface area contributed by atoms with Gasteiger partial charge in [0.05, 0.1) is 5.56 Å². The van der Waals surface area contributed by atoms with E-state index in [1.165, 1.54) is 12.1 Å². The zero-order valence-electron chi connectivity index (χ0n) is 9.29. The van der Waals surface area contributed by atoms with Gasteiger partial charge in [0.1, 0.15) is 0 Å². The first-order valence-electron chi connectivity index (χ1n) is 5.29. The van der Waals surface area contributed by atoms with Gasteiger partial charge in [-0.2, -0.15) is 13.2 Å². The van der Waals surface area contributed by atoms with Crippen LogP contribution in [0.25, 0.3) is 0 Å². The molecule has 0 aliphatic carbocycles. The fourth-order valence-electron chi connectivity index (χ4n) is 1.60. The molecule has 0 saturated heterocycles. The van der Waals surface area contributed by atoms with Crippen LogP contribution in [0.1, 0.15) is 21.5 Å². The normalized spacial score (nSPS) is 11.5. The number of halogens is 3. The van der Waals surface area contributed by atoms with Crippen molar-refractivity contribution in [3.8, 4) is 0 Å². The van der Waals surface area contributed by atoms with E-state index in [-0.39, 0.29) is 12.2 Å². The molecule has 94 valence electrons. The molecule has 0 amide bonds. The van der Waals surface area contributed by atoms with Crippen molar-refractivity contribution in [1.29, 1.82) is 0 Å². The Hall–Kier alpha value is -2.04. The van der Waals surface area contributed by atoms with Crippen LogP contribution in [0.2, 0.25) is 0 Å². The number of nitrogens with one attached hydrogen (secondary N) is 1. The van der Waals surface area contributed by atoms with Crippen LogP contribution in [0.4, 0.5) is 13.2 Å². The van der Waals surface area contributed by atoms with Crippen LogP contribution in [0, 0.1) is 0 Å². The number of carbonyl (C=O) groups excluding carboxylic acids is 1. The third kappa shape index (κ3) is 2.80. The van der Waals surface area contributed by atoms with Crippen LogP contribution in [0.3, 0.4) is 0 Å². The fourth-order valence-corrected chi connectivity index (χ4v) is 1.60. The average Bonchev–Trinajstić information content (AvgIpc) is 2.82. The van der Waals surface area contributed by atoms with E-state index in [4.69, 9.17) is 0 Å². The summed E-state index contributed by atoms with van der Waals surface area (Å²) in [5.41, 5.74) is 0.379. The third-order valence-corrected chi connectivity index (χ3v) is 2.57. The van der Waals surface area contributed by atoms with Gasteiger partial charge in [-0.25, -0.2) is 0 Å². The predicted molar refractivity (Wildman–Crippen MR) is 60.3 cm³/mol. The van der Waals surface area contributed by atoms with E-state index in [1.807, 2.05) is 0 Å². The molecular formula is C13H10F3NO. The van der Waals surface area contributed by atoms with Crippen LogP contribution in [-0.4, -0.2) is 10.8 Å². The molecule has 1 N–H and O–H groups in total. The molecule has 0 unspecified atom stereocenters. The van der Waals surface area contributed by atoms with E-state index in [2.05, 4.69) is 4.98 Å². The number of aromatic amines is 1. The van der Waals surface area contributed by atoms with E-state index in [1.54, 1.807) is 18.5 Å². The highest BCUT2D eigenvalue weighted by Gasteiger charge is 2.29. The van der Waals surface area contributed by atoms with E-state index >= 15 is 0 Å². The molecule has 0 fully saturated rings. The Labute approximate surface area is 101 Å². The number of hydrogen-bond acceptors (Lipinski definition) is 1. The minimum atomic E-state index is -4.34. The van der Waals surface area contributed by atoms with Crippen molar-refractivity contribution in [2.75, 3.05) is 0 Å². The second kappa shape index (κ2) is 4.68. The molecule has 1 aromatic heterocycles. The summed E-state index contributed by atoms with van der Waals surface area (Å²) in [6.07, 6.45) is -1.06. The Morgan fingerprint density at radius 3 is 2.28 bits per heavy atom. The third-order valence-electron chi connectivity index (χ3n) is 2.57. The molecule has 0 aliphatic rings. The lowest BCUT2D eigenvalue weighted by Gasteiger charge is -2.07. The molecular weight excluding hydrogens is 243 g/mol. The van der Waals surface area contributed by atoms with Gasteiger partial charge in [0.25, 0.3) is 0 Å². The molecule has 0 saturated carbocycles. The van der Waals surface area contributed by atoms with Gasteiger partial charge in [0, 0.05) is 24.4 Å². The summed E-state index contributed by atoms with van der Waals surface area (Å²) < 4.78 is 37.0. The number of rotatable bonds is 3. The lowest BCUT2D eigenvalue weighted by atomic mass is 10.0. The van der Waals surface area contributed by atoms with Gasteiger partial charge >= 0.3 is 6.18 Å². The Morgan fingerprint density at radius 2 is 1.78 bits per heavy atom. The standard InChI is InChI=1S/C13H10F3NO/c14-13(15,16)11-3-1-9(2-4-11)7-12(18)10-5-6-17-8-10/h1-6,8,17H,7H2. The zero-order valence-corrected chi connectivity index (χ0v) is 9.29. The van der Waals surface area contributed by atoms with Crippen LogP contribution in [-0.2, 0) is 12.6 Å². The van der Waals surface area contributed by atoms with Gasteiger partial charge < -0.3 is 4.98 Å². The van der Waals surface area contributed by atoms with Gasteiger partial charge in [0.15, 0.2) is 5.78 Å². The minimum absolute atomic E-state index is 0.0932. The number of ketones is 1. The summed E-state index contributed by atoms with van der Waals surface area (Å²) in [7, 11) is 0. The first-order valence-corrected chi connectivity index (χ1v) is 5.29. The van der Waals surface area contributed by atoms with E-state index in [0.29, 0.717) is 11.1 Å². The van der Waals surface area contributed by atoms with Crippen LogP contribution in [0.15, 0.2) is 42.7 Å². The molecule has 0 spiro atoms. The number of carbonyl (C=O) groups is 1. The Kier molecular flexibility index (Phi) is 3.23. The summed E-state index contributed by atoms with van der Waals surface area (Å²) in [5.74, 6) is -0.129. The highest BCUT2D eigenvalue weighted by atomic mass is 19.4. The van der Waals surface area contributed by atoms with Crippen molar-refractivity contribution in [2.45, 2.75) is 12.6 Å². The molecule has 2 rings (SSSR count). The first kappa shape index (κ1) is 12.4. The average molecular weight is 253 g/mol. The van der Waals surface area contributed by atoms with Gasteiger partial charge in [-0.1, -0.05) is 12.1 Å². The van der Waals surface area contributed by atoms with Crippen molar-refractivity contribution in [2.24, 2.45) is 0 Å².